The zero-order valence-electron chi connectivity index (χ0n) is 23.1. The zero-order chi connectivity index (χ0) is 28.4. The van der Waals surface area contributed by atoms with Gasteiger partial charge in [0.05, 0.1) is 6.61 Å². The molecule has 0 aliphatic carbocycles. The Hall–Kier alpha value is -3.97. The molecule has 0 aliphatic rings. The van der Waals surface area contributed by atoms with Gasteiger partial charge in [-0.1, -0.05) is 42.5 Å². The Labute approximate surface area is 230 Å². The molecule has 2 heterocycles. The van der Waals surface area contributed by atoms with Crippen molar-refractivity contribution in [3.8, 4) is 16.2 Å². The first-order valence-corrected chi connectivity index (χ1v) is 13.5. The summed E-state index contributed by atoms with van der Waals surface area (Å²) in [6, 6.07) is 23.9. The molecule has 6 nitrogen and oxygen atoms in total. The van der Waals surface area contributed by atoms with Crippen LogP contribution in [0.2, 0.25) is 0 Å². The Kier molecular flexibility index (Phi) is 9.04. The van der Waals surface area contributed by atoms with Crippen molar-refractivity contribution in [3.05, 3.63) is 107 Å². The van der Waals surface area contributed by atoms with Gasteiger partial charge in [-0.2, -0.15) is 0 Å². The van der Waals surface area contributed by atoms with Gasteiger partial charge in [-0.15, -0.1) is 11.3 Å². The fraction of sp³-hybridized carbons (Fsp3) is 0.258. The number of benzene rings is 2. The van der Waals surface area contributed by atoms with Crippen molar-refractivity contribution in [2.45, 2.75) is 38.6 Å². The summed E-state index contributed by atoms with van der Waals surface area (Å²) in [4.78, 5) is 31.2. The molecular weight excluding hydrogens is 496 g/mol. The molecule has 196 valence electrons. The Morgan fingerprint density at radius 2 is 1.76 bits per heavy atom. The number of carbonyl (C=O) groups is 2. The van der Waals surface area contributed by atoms with Crippen molar-refractivity contribution >= 4 is 23.2 Å². The van der Waals surface area contributed by atoms with E-state index in [1.54, 1.807) is 53.9 Å². The minimum atomic E-state index is -2.04. The summed E-state index contributed by atoms with van der Waals surface area (Å²) >= 11 is 1.62. The van der Waals surface area contributed by atoms with E-state index in [1.807, 2.05) is 47.8 Å². The van der Waals surface area contributed by atoms with Gasteiger partial charge in [-0.3, -0.25) is 14.6 Å². The van der Waals surface area contributed by atoms with Gasteiger partial charge in [0.25, 0.3) is 5.91 Å². The highest BCUT2D eigenvalue weighted by Gasteiger charge is 2.19. The normalized spacial score (nSPS) is 11.9. The van der Waals surface area contributed by atoms with Crippen LogP contribution < -0.4 is 4.74 Å². The lowest BCUT2D eigenvalue weighted by atomic mass is 10.1. The molecular formula is C31H32N2O4S. The van der Waals surface area contributed by atoms with E-state index in [1.165, 1.54) is 4.90 Å². The first kappa shape index (κ1) is 24.4. The molecule has 1 amide bonds. The van der Waals surface area contributed by atoms with Crippen molar-refractivity contribution in [1.29, 1.82) is 0 Å². The van der Waals surface area contributed by atoms with Crippen molar-refractivity contribution < 1.29 is 22.2 Å². The Balaban J connectivity index is 1.55. The third-order valence-corrected chi connectivity index (χ3v) is 6.87. The number of hydrogen-bond donors (Lipinski definition) is 1. The van der Waals surface area contributed by atoms with E-state index in [9.17, 15) is 9.59 Å². The van der Waals surface area contributed by atoms with E-state index in [2.05, 4.69) is 4.98 Å². The predicted molar refractivity (Wildman–Crippen MR) is 150 cm³/mol. The summed E-state index contributed by atoms with van der Waals surface area (Å²) in [7, 11) is 0. The lowest BCUT2D eigenvalue weighted by Gasteiger charge is -2.24. The number of aryl methyl sites for hydroxylation is 1. The van der Waals surface area contributed by atoms with Crippen LogP contribution in [0.25, 0.3) is 10.4 Å². The molecule has 0 radical (unpaired) electrons. The number of pyridine rings is 1. The molecule has 4 aromatic rings. The predicted octanol–water partition coefficient (Wildman–Crippen LogP) is 6.72. The highest BCUT2D eigenvalue weighted by molar-refractivity contribution is 7.13. The number of rotatable bonds is 14. The maximum Gasteiger partial charge on any atom is 0.303 e. The highest BCUT2D eigenvalue weighted by atomic mass is 32.1. The maximum atomic E-state index is 13.9. The number of carboxylic acids is 1. The standard InChI is InChI=1S/C31H32N2O4S/c34-30(35)13-2-1-7-21-37-28-11-4-3-9-26(28)23-33(20-18-27-10-5-6-19-32-27)31(36)25-16-14-24(15-17-25)29-12-8-22-38-29/h3-6,8-12,14-17,19,22H,1-2,7,13,18,20-21,23H2,(H,34,35)/i20D2. The number of hydrogen-bond acceptors (Lipinski definition) is 5. The van der Waals surface area contributed by atoms with Crippen LogP contribution in [0.5, 0.6) is 5.75 Å². The number of carbonyl (C=O) groups excluding carboxylic acids is 1. The van der Waals surface area contributed by atoms with Gasteiger partial charge in [-0.25, -0.2) is 0 Å². The van der Waals surface area contributed by atoms with E-state index < -0.39 is 18.4 Å². The first-order valence-electron chi connectivity index (χ1n) is 13.6. The SMILES string of the molecule is [2H]C([2H])(Cc1ccccn1)N(Cc1ccccc1OCCCCCC(=O)O)C(=O)c1ccc(-c2cccs2)cc1. The minimum absolute atomic E-state index is 0.000526. The number of aromatic nitrogens is 1. The number of nitrogens with zero attached hydrogens (tertiary/aromatic N) is 2. The van der Waals surface area contributed by atoms with Crippen molar-refractivity contribution in [1.82, 2.24) is 9.88 Å². The topological polar surface area (TPSA) is 79.7 Å². The van der Waals surface area contributed by atoms with Crippen LogP contribution >= 0.6 is 11.3 Å². The summed E-state index contributed by atoms with van der Waals surface area (Å²) < 4.78 is 23.9. The van der Waals surface area contributed by atoms with Gasteiger partial charge in [0.15, 0.2) is 0 Å². The molecule has 0 fully saturated rings. The molecule has 38 heavy (non-hydrogen) atoms. The Morgan fingerprint density at radius 1 is 0.947 bits per heavy atom. The summed E-state index contributed by atoms with van der Waals surface area (Å²) in [6.45, 7) is -1.64. The molecule has 0 aliphatic heterocycles. The van der Waals surface area contributed by atoms with Crippen LogP contribution in [0.4, 0.5) is 0 Å². The van der Waals surface area contributed by atoms with Crippen molar-refractivity contribution in [2.75, 3.05) is 13.1 Å². The van der Waals surface area contributed by atoms with E-state index in [4.69, 9.17) is 12.6 Å². The van der Waals surface area contributed by atoms with Crippen LogP contribution in [-0.4, -0.2) is 40.0 Å². The molecule has 0 spiro atoms. The average Bonchev–Trinajstić information content (AvgIpc) is 3.49. The Morgan fingerprint density at radius 3 is 2.50 bits per heavy atom. The van der Waals surface area contributed by atoms with Gasteiger partial charge in [0.1, 0.15) is 5.75 Å². The number of para-hydroxylation sites is 1. The van der Waals surface area contributed by atoms with Crippen molar-refractivity contribution in [3.63, 3.8) is 0 Å². The second-order valence-corrected chi connectivity index (χ2v) is 9.71. The third kappa shape index (κ3) is 8.02. The van der Waals surface area contributed by atoms with Crippen LogP contribution in [-0.2, 0) is 17.8 Å². The lowest BCUT2D eigenvalue weighted by molar-refractivity contribution is -0.137. The fourth-order valence-corrected chi connectivity index (χ4v) is 4.67. The van der Waals surface area contributed by atoms with Crippen LogP contribution in [0.1, 0.15) is 50.0 Å². The quantitative estimate of drug-likeness (QED) is 0.183. The number of unbranched alkanes of at least 4 members (excludes halogenated alkanes) is 2. The molecule has 2 aromatic heterocycles. The molecule has 0 atom stereocenters. The van der Waals surface area contributed by atoms with Crippen molar-refractivity contribution in [2.24, 2.45) is 0 Å². The average molecular weight is 531 g/mol. The summed E-state index contributed by atoms with van der Waals surface area (Å²) in [6.07, 6.45) is 3.68. The zero-order valence-corrected chi connectivity index (χ0v) is 21.9. The second kappa shape index (κ2) is 14.1. The van der Waals surface area contributed by atoms with Gasteiger partial charge in [-0.05, 0) is 66.6 Å². The van der Waals surface area contributed by atoms with Gasteiger partial charge in [0.2, 0.25) is 0 Å². The molecule has 0 unspecified atom stereocenters. The summed E-state index contributed by atoms with van der Waals surface area (Å²) in [5.74, 6) is -0.667. The summed E-state index contributed by atoms with van der Waals surface area (Å²) in [5.41, 5.74) is 2.62. The fourth-order valence-electron chi connectivity index (χ4n) is 3.94. The monoisotopic (exact) mass is 530 g/mol. The van der Waals surface area contributed by atoms with Crippen LogP contribution in [0.15, 0.2) is 90.4 Å². The Bertz CT molecular complexity index is 1380. The van der Waals surface area contributed by atoms with Crippen LogP contribution in [0.3, 0.4) is 0 Å². The number of amides is 1. The number of ether oxygens (including phenoxy) is 1. The van der Waals surface area contributed by atoms with E-state index >= 15 is 0 Å². The van der Waals surface area contributed by atoms with E-state index in [0.717, 1.165) is 16.9 Å². The van der Waals surface area contributed by atoms with Gasteiger partial charge < -0.3 is 14.7 Å². The number of aliphatic carboxylic acids is 1. The van der Waals surface area contributed by atoms with Gasteiger partial charge >= 0.3 is 5.97 Å². The number of carboxylic acid groups (broad SMARTS) is 1. The third-order valence-electron chi connectivity index (χ3n) is 5.95. The largest absolute Gasteiger partial charge is 0.493 e. The van der Waals surface area contributed by atoms with Gasteiger partial charge in [0, 0.05) is 56.5 Å². The smallest absolute Gasteiger partial charge is 0.303 e. The van der Waals surface area contributed by atoms with E-state index in [-0.39, 0.29) is 19.4 Å². The summed E-state index contributed by atoms with van der Waals surface area (Å²) in [5, 5.41) is 10.8. The highest BCUT2D eigenvalue weighted by Crippen LogP contribution is 2.26. The second-order valence-electron chi connectivity index (χ2n) is 8.76. The van der Waals surface area contributed by atoms with E-state index in [0.29, 0.717) is 42.0 Å². The molecule has 4 rings (SSSR count). The molecule has 0 saturated carbocycles. The van der Waals surface area contributed by atoms with Crippen LogP contribution in [0, 0.1) is 0 Å². The molecule has 1 N–H and O–H groups in total. The minimum Gasteiger partial charge on any atom is -0.493 e. The maximum absolute atomic E-state index is 13.9. The lowest BCUT2D eigenvalue weighted by Crippen LogP contribution is -2.32. The molecule has 0 bridgehead atoms. The first-order chi connectivity index (χ1) is 19.3. The molecule has 7 heteroatoms. The molecule has 2 aromatic carbocycles. The number of thiophene rings is 1. The molecule has 0 saturated heterocycles.